The first-order valence-corrected chi connectivity index (χ1v) is 7.02. The zero-order valence-electron chi connectivity index (χ0n) is 12.7. The van der Waals surface area contributed by atoms with E-state index >= 15 is 0 Å². The van der Waals surface area contributed by atoms with Gasteiger partial charge in [-0.25, -0.2) is 0 Å². The van der Waals surface area contributed by atoms with Crippen molar-refractivity contribution in [2.75, 3.05) is 0 Å². The van der Waals surface area contributed by atoms with Gasteiger partial charge in [-0.15, -0.1) is 0 Å². The molecule has 1 aromatic heterocycles. The molecule has 0 saturated heterocycles. The van der Waals surface area contributed by atoms with Crippen LogP contribution in [0.1, 0.15) is 55.2 Å². The van der Waals surface area contributed by atoms with E-state index in [4.69, 9.17) is 4.52 Å². The topological polar surface area (TPSA) is 43.1 Å². The fourth-order valence-corrected chi connectivity index (χ4v) is 2.17. The molecule has 0 unspecified atom stereocenters. The molecule has 0 saturated carbocycles. The Balaban J connectivity index is 2.46. The van der Waals surface area contributed by atoms with Gasteiger partial charge in [-0.3, -0.25) is 4.79 Å². The van der Waals surface area contributed by atoms with Crippen LogP contribution in [0, 0.1) is 12.8 Å². The van der Waals surface area contributed by atoms with Crippen LogP contribution in [0.4, 0.5) is 0 Å². The summed E-state index contributed by atoms with van der Waals surface area (Å²) in [5.74, 6) is 1.07. The van der Waals surface area contributed by atoms with Gasteiger partial charge < -0.3 is 4.52 Å². The third kappa shape index (κ3) is 2.67. The van der Waals surface area contributed by atoms with Gasteiger partial charge in [0.15, 0.2) is 11.5 Å². The number of hydrogen-bond acceptors (Lipinski definition) is 3. The van der Waals surface area contributed by atoms with Gasteiger partial charge in [0, 0.05) is 11.5 Å². The molecule has 3 heteroatoms. The van der Waals surface area contributed by atoms with Crippen molar-refractivity contribution in [3.05, 3.63) is 41.1 Å². The number of aryl methyl sites for hydroxylation is 1. The summed E-state index contributed by atoms with van der Waals surface area (Å²) < 4.78 is 5.38. The van der Waals surface area contributed by atoms with Crippen LogP contribution in [0.3, 0.4) is 0 Å². The first-order chi connectivity index (χ1) is 9.41. The molecular weight excluding hydrogens is 250 g/mol. The second kappa shape index (κ2) is 5.61. The molecule has 1 heterocycles. The molecular formula is C17H21NO2. The number of Topliss-reactive ketones (excluding diaryl/α,β-unsaturated/α-hetero) is 1. The number of carbonyl (C=O) groups is 1. The van der Waals surface area contributed by atoms with Gasteiger partial charge in [-0.05, 0) is 18.4 Å². The van der Waals surface area contributed by atoms with E-state index in [2.05, 4.69) is 31.1 Å². The lowest BCUT2D eigenvalue weighted by atomic mass is 9.95. The molecule has 2 aromatic rings. The van der Waals surface area contributed by atoms with Crippen LogP contribution in [0.2, 0.25) is 0 Å². The molecule has 2 rings (SSSR count). The maximum Gasteiger partial charge on any atom is 0.177 e. The van der Waals surface area contributed by atoms with Gasteiger partial charge in [0.2, 0.25) is 0 Å². The zero-order chi connectivity index (χ0) is 14.9. The van der Waals surface area contributed by atoms with Gasteiger partial charge in [-0.2, -0.15) is 0 Å². The van der Waals surface area contributed by atoms with Crippen LogP contribution >= 0.6 is 0 Å². The first-order valence-electron chi connectivity index (χ1n) is 7.02. The lowest BCUT2D eigenvalue weighted by Gasteiger charge is -2.07. The number of aromatic nitrogens is 1. The molecule has 0 spiro atoms. The zero-order valence-corrected chi connectivity index (χ0v) is 12.7. The molecule has 20 heavy (non-hydrogen) atoms. The highest BCUT2D eigenvalue weighted by atomic mass is 16.5. The maximum absolute atomic E-state index is 12.3. The summed E-state index contributed by atoms with van der Waals surface area (Å²) in [6, 6.07) is 8.13. The highest BCUT2D eigenvalue weighted by Crippen LogP contribution is 2.29. The SMILES string of the molecule is Cc1noc(-c2ccc(C(C)C)cc2)c1C(=O)C(C)C. The summed E-state index contributed by atoms with van der Waals surface area (Å²) in [5, 5.41) is 3.96. The van der Waals surface area contributed by atoms with Crippen molar-refractivity contribution < 1.29 is 9.32 Å². The maximum atomic E-state index is 12.3. The quantitative estimate of drug-likeness (QED) is 0.762. The second-order valence-electron chi connectivity index (χ2n) is 5.77. The minimum atomic E-state index is -0.0678. The Morgan fingerprint density at radius 3 is 2.20 bits per heavy atom. The summed E-state index contributed by atoms with van der Waals surface area (Å²) in [4.78, 5) is 12.3. The Bertz CT molecular complexity index is 606. The second-order valence-corrected chi connectivity index (χ2v) is 5.77. The Morgan fingerprint density at radius 2 is 1.70 bits per heavy atom. The van der Waals surface area contributed by atoms with Crippen molar-refractivity contribution >= 4 is 5.78 Å². The van der Waals surface area contributed by atoms with Crippen LogP contribution in [0.25, 0.3) is 11.3 Å². The normalized spacial score (nSPS) is 11.3. The van der Waals surface area contributed by atoms with Gasteiger partial charge >= 0.3 is 0 Å². The molecule has 0 bridgehead atoms. The van der Waals surface area contributed by atoms with Gasteiger partial charge in [0.25, 0.3) is 0 Å². The summed E-state index contributed by atoms with van der Waals surface area (Å²) in [5.41, 5.74) is 3.43. The molecule has 106 valence electrons. The van der Waals surface area contributed by atoms with Crippen molar-refractivity contribution in [2.24, 2.45) is 5.92 Å². The predicted octanol–water partition coefficient (Wildman–Crippen LogP) is 4.61. The molecule has 0 aliphatic heterocycles. The monoisotopic (exact) mass is 271 g/mol. The van der Waals surface area contributed by atoms with E-state index in [0.717, 1.165) is 5.56 Å². The number of rotatable bonds is 4. The van der Waals surface area contributed by atoms with E-state index in [1.165, 1.54) is 5.56 Å². The van der Waals surface area contributed by atoms with Gasteiger partial charge in [0.1, 0.15) is 0 Å². The summed E-state index contributed by atoms with van der Waals surface area (Å²) in [6.07, 6.45) is 0. The lowest BCUT2D eigenvalue weighted by Crippen LogP contribution is -2.09. The number of ketones is 1. The fourth-order valence-electron chi connectivity index (χ4n) is 2.17. The number of carbonyl (C=O) groups excluding carboxylic acids is 1. The Hall–Kier alpha value is -1.90. The van der Waals surface area contributed by atoms with E-state index in [9.17, 15) is 4.79 Å². The average molecular weight is 271 g/mol. The van der Waals surface area contributed by atoms with Crippen LogP contribution in [-0.2, 0) is 0 Å². The third-order valence-corrected chi connectivity index (χ3v) is 3.47. The van der Waals surface area contributed by atoms with E-state index in [-0.39, 0.29) is 11.7 Å². The molecule has 0 amide bonds. The molecule has 1 aromatic carbocycles. The van der Waals surface area contributed by atoms with Crippen LogP contribution in [0.5, 0.6) is 0 Å². The van der Waals surface area contributed by atoms with E-state index in [1.807, 2.05) is 32.9 Å². The molecule has 3 nitrogen and oxygen atoms in total. The highest BCUT2D eigenvalue weighted by Gasteiger charge is 2.23. The number of hydrogen-bond donors (Lipinski definition) is 0. The Morgan fingerprint density at radius 1 is 1.10 bits per heavy atom. The van der Waals surface area contributed by atoms with Crippen molar-refractivity contribution in [3.63, 3.8) is 0 Å². The molecule has 0 atom stereocenters. The predicted molar refractivity (Wildman–Crippen MR) is 79.9 cm³/mol. The van der Waals surface area contributed by atoms with Gasteiger partial charge in [0.05, 0.1) is 11.3 Å². The largest absolute Gasteiger partial charge is 0.355 e. The third-order valence-electron chi connectivity index (χ3n) is 3.47. The fraction of sp³-hybridized carbons (Fsp3) is 0.412. The standard InChI is InChI=1S/C17H21NO2/c1-10(2)13-6-8-14(9-7-13)17-15(12(5)18-20-17)16(19)11(3)4/h6-11H,1-5H3. The Labute approximate surface area is 120 Å². The van der Waals surface area contributed by atoms with Crippen LogP contribution in [0.15, 0.2) is 28.8 Å². The molecule has 0 aliphatic carbocycles. The van der Waals surface area contributed by atoms with Crippen molar-refractivity contribution in [1.82, 2.24) is 5.16 Å². The first kappa shape index (κ1) is 14.5. The van der Waals surface area contributed by atoms with E-state index < -0.39 is 0 Å². The summed E-state index contributed by atoms with van der Waals surface area (Å²) in [7, 11) is 0. The van der Waals surface area contributed by atoms with Crippen LogP contribution in [-0.4, -0.2) is 10.9 Å². The molecule has 0 aliphatic rings. The van der Waals surface area contributed by atoms with Crippen molar-refractivity contribution in [1.29, 1.82) is 0 Å². The average Bonchev–Trinajstić information content (AvgIpc) is 2.79. The molecule has 0 radical (unpaired) electrons. The van der Waals surface area contributed by atoms with E-state index in [0.29, 0.717) is 22.9 Å². The highest BCUT2D eigenvalue weighted by molar-refractivity contribution is 6.03. The van der Waals surface area contributed by atoms with Gasteiger partial charge in [-0.1, -0.05) is 57.1 Å². The molecule has 0 fully saturated rings. The van der Waals surface area contributed by atoms with E-state index in [1.54, 1.807) is 0 Å². The summed E-state index contributed by atoms with van der Waals surface area (Å²) >= 11 is 0. The summed E-state index contributed by atoms with van der Waals surface area (Å²) in [6.45, 7) is 9.90. The lowest BCUT2D eigenvalue weighted by molar-refractivity contribution is 0.0939. The number of benzene rings is 1. The minimum absolute atomic E-state index is 0.0678. The Kier molecular flexibility index (Phi) is 4.07. The smallest absolute Gasteiger partial charge is 0.177 e. The van der Waals surface area contributed by atoms with Crippen molar-refractivity contribution in [3.8, 4) is 11.3 Å². The number of nitrogens with zero attached hydrogens (tertiary/aromatic N) is 1. The van der Waals surface area contributed by atoms with Crippen molar-refractivity contribution in [2.45, 2.75) is 40.5 Å². The van der Waals surface area contributed by atoms with Crippen LogP contribution < -0.4 is 0 Å². The molecule has 0 N–H and O–H groups in total. The minimum Gasteiger partial charge on any atom is -0.355 e.